The fourth-order valence-corrected chi connectivity index (χ4v) is 5.95. The Morgan fingerprint density at radius 3 is 2.67 bits per heavy atom. The first-order chi connectivity index (χ1) is 20.4. The number of halogens is 1. The second-order valence-corrected chi connectivity index (χ2v) is 11.0. The van der Waals surface area contributed by atoms with E-state index in [2.05, 4.69) is 15.5 Å². The topological polar surface area (TPSA) is 153 Å². The lowest BCUT2D eigenvalue weighted by Crippen LogP contribution is -2.50. The molecule has 1 spiro atoms. The van der Waals surface area contributed by atoms with Crippen LogP contribution in [0.15, 0.2) is 78.2 Å². The van der Waals surface area contributed by atoms with Crippen LogP contribution >= 0.6 is 11.6 Å². The Hall–Kier alpha value is -4.07. The standard InChI is InChI=1S/C29H26ClN5O7/c30-17-9-7-16(8-10-17)23-24(32-42-29(23)15-34-11-3-5-20(34)27(29)39)19-4-1-2-6-22(19)40-13-18-12-35(33-31-18)28-26(38)25(37)21(36)14-41-28/h1-12,21,23,25-26,28,36-38H,13-15H2/t21-,23?,25-,26+,28-,29?/m0/s1. The average molecular weight is 592 g/mol. The molecule has 3 N–H and O–H groups in total. The van der Waals surface area contributed by atoms with E-state index in [1.54, 1.807) is 24.3 Å². The van der Waals surface area contributed by atoms with Crippen LogP contribution < -0.4 is 4.74 Å². The highest BCUT2D eigenvalue weighted by Gasteiger charge is 2.60. The minimum atomic E-state index is -1.39. The Morgan fingerprint density at radius 1 is 1.05 bits per heavy atom. The first-order valence-corrected chi connectivity index (χ1v) is 13.7. The van der Waals surface area contributed by atoms with Crippen LogP contribution in [0.25, 0.3) is 0 Å². The van der Waals surface area contributed by atoms with Gasteiger partial charge in [0.2, 0.25) is 11.4 Å². The van der Waals surface area contributed by atoms with Crippen LogP contribution in [0.1, 0.15) is 39.5 Å². The van der Waals surface area contributed by atoms with E-state index < -0.39 is 36.1 Å². The van der Waals surface area contributed by atoms with Crippen LogP contribution in [0.2, 0.25) is 5.02 Å². The van der Waals surface area contributed by atoms with Gasteiger partial charge in [-0.15, -0.1) is 5.10 Å². The number of ether oxygens (including phenoxy) is 2. The molecule has 0 radical (unpaired) electrons. The van der Waals surface area contributed by atoms with Crippen LogP contribution in [0.5, 0.6) is 5.75 Å². The monoisotopic (exact) mass is 591 g/mol. The normalized spacial score (nSPS) is 28.5. The molecule has 0 bridgehead atoms. The van der Waals surface area contributed by atoms with Gasteiger partial charge in [0, 0.05) is 16.8 Å². The maximum absolute atomic E-state index is 13.7. The fourth-order valence-electron chi connectivity index (χ4n) is 5.82. The Kier molecular flexibility index (Phi) is 6.59. The van der Waals surface area contributed by atoms with E-state index in [0.29, 0.717) is 40.0 Å². The highest BCUT2D eigenvalue weighted by Crippen LogP contribution is 2.47. The van der Waals surface area contributed by atoms with E-state index >= 15 is 0 Å². The number of rotatable bonds is 6. The molecule has 6 atom stereocenters. The van der Waals surface area contributed by atoms with E-state index in [9.17, 15) is 20.1 Å². The number of aliphatic hydroxyl groups excluding tert-OH is 3. The molecule has 1 saturated heterocycles. The van der Waals surface area contributed by atoms with Crippen LogP contribution in [0, 0.1) is 0 Å². The molecule has 13 heteroatoms. The highest BCUT2D eigenvalue weighted by atomic mass is 35.5. The van der Waals surface area contributed by atoms with Crippen molar-refractivity contribution in [1.29, 1.82) is 0 Å². The smallest absolute Gasteiger partial charge is 0.231 e. The lowest BCUT2D eigenvalue weighted by molar-refractivity contribution is -0.214. The van der Waals surface area contributed by atoms with Crippen molar-refractivity contribution in [3.8, 4) is 5.75 Å². The molecule has 1 fully saturated rings. The zero-order chi connectivity index (χ0) is 29.0. The molecule has 4 aromatic rings. The van der Waals surface area contributed by atoms with Gasteiger partial charge in [-0.2, -0.15) is 0 Å². The number of carbonyl (C=O) groups excluding carboxylic acids is 1. The lowest BCUT2D eigenvalue weighted by atomic mass is 9.75. The Bertz CT molecular complexity index is 1670. The van der Waals surface area contributed by atoms with Crippen molar-refractivity contribution >= 4 is 23.1 Å². The van der Waals surface area contributed by atoms with Gasteiger partial charge in [-0.25, -0.2) is 4.68 Å². The zero-order valence-corrected chi connectivity index (χ0v) is 22.8. The molecular formula is C29H26ClN5O7. The Balaban J connectivity index is 1.17. The molecule has 42 heavy (non-hydrogen) atoms. The van der Waals surface area contributed by atoms with Gasteiger partial charge in [0.25, 0.3) is 0 Å². The van der Waals surface area contributed by atoms with Crippen LogP contribution in [-0.4, -0.2) is 76.9 Å². The van der Waals surface area contributed by atoms with Gasteiger partial charge in [-0.3, -0.25) is 4.79 Å². The van der Waals surface area contributed by atoms with Gasteiger partial charge in [0.1, 0.15) is 42.1 Å². The SMILES string of the molecule is O=C1c2cccn2CC12ON=C(c1ccccc1OCc1cn([C@H]3OC[C@H](O)[C@H](O)[C@H]3O)nn1)C2c1ccc(Cl)cc1. The number of hydrogen-bond acceptors (Lipinski definition) is 10. The number of nitrogens with zero attached hydrogens (tertiary/aromatic N) is 5. The molecule has 0 aliphatic carbocycles. The summed E-state index contributed by atoms with van der Waals surface area (Å²) < 4.78 is 14.8. The molecule has 12 nitrogen and oxygen atoms in total. The number of carbonyl (C=O) groups is 1. The number of benzene rings is 2. The van der Waals surface area contributed by atoms with Crippen molar-refractivity contribution in [2.45, 2.75) is 49.2 Å². The van der Waals surface area contributed by atoms with Gasteiger partial charge < -0.3 is 34.2 Å². The number of Topliss-reactive ketones (excluding diaryl/α,β-unsaturated/α-hetero) is 1. The summed E-state index contributed by atoms with van der Waals surface area (Å²) in [6.45, 7) is 0.165. The highest BCUT2D eigenvalue weighted by molar-refractivity contribution is 6.30. The summed E-state index contributed by atoms with van der Waals surface area (Å²) >= 11 is 6.19. The number of hydrogen-bond donors (Lipinski definition) is 3. The average Bonchev–Trinajstić information content (AvgIpc) is 3.78. The second-order valence-electron chi connectivity index (χ2n) is 10.5. The third-order valence-corrected chi connectivity index (χ3v) is 8.18. The molecule has 0 amide bonds. The van der Waals surface area contributed by atoms with Gasteiger partial charge >= 0.3 is 0 Å². The number of aromatic nitrogens is 4. The molecule has 7 rings (SSSR count). The second kappa shape index (κ2) is 10.3. The molecule has 2 aromatic carbocycles. The van der Waals surface area contributed by atoms with Crippen molar-refractivity contribution in [2.24, 2.45) is 5.16 Å². The summed E-state index contributed by atoms with van der Waals surface area (Å²) in [6.07, 6.45) is -1.57. The van der Waals surface area contributed by atoms with Gasteiger partial charge in [0.05, 0.1) is 31.0 Å². The summed E-state index contributed by atoms with van der Waals surface area (Å²) in [6, 6.07) is 18.2. The molecular weight excluding hydrogens is 566 g/mol. The van der Waals surface area contributed by atoms with Crippen molar-refractivity contribution in [1.82, 2.24) is 19.6 Å². The lowest BCUT2D eigenvalue weighted by Gasteiger charge is -2.34. The van der Waals surface area contributed by atoms with Crippen molar-refractivity contribution in [3.63, 3.8) is 0 Å². The first kappa shape index (κ1) is 26.8. The van der Waals surface area contributed by atoms with Crippen molar-refractivity contribution < 1.29 is 34.4 Å². The summed E-state index contributed by atoms with van der Waals surface area (Å²) in [5.41, 5.74) is 1.75. The summed E-state index contributed by atoms with van der Waals surface area (Å²) in [5.74, 6) is -0.201. The predicted octanol–water partition coefficient (Wildman–Crippen LogP) is 2.08. The third-order valence-electron chi connectivity index (χ3n) is 7.93. The predicted molar refractivity (Wildman–Crippen MR) is 147 cm³/mol. The Labute approximate surface area is 244 Å². The summed E-state index contributed by atoms with van der Waals surface area (Å²) in [5, 5.41) is 43.2. The van der Waals surface area contributed by atoms with Crippen LogP contribution in [0.3, 0.4) is 0 Å². The van der Waals surface area contributed by atoms with E-state index in [4.69, 9.17) is 25.9 Å². The number of fused-ring (bicyclic) bond motifs is 1. The fraction of sp³-hybridized carbons (Fsp3) is 0.310. The van der Waals surface area contributed by atoms with Crippen molar-refractivity contribution in [2.75, 3.05) is 6.61 Å². The number of ketones is 1. The molecule has 2 unspecified atom stereocenters. The summed E-state index contributed by atoms with van der Waals surface area (Å²) in [7, 11) is 0. The maximum Gasteiger partial charge on any atom is 0.231 e. The number of para-hydroxylation sites is 1. The van der Waals surface area contributed by atoms with E-state index in [1.165, 1.54) is 10.9 Å². The molecule has 3 aliphatic heterocycles. The minimum absolute atomic E-state index is 0.0142. The first-order valence-electron chi connectivity index (χ1n) is 13.4. The zero-order valence-electron chi connectivity index (χ0n) is 22.0. The third kappa shape index (κ3) is 4.30. The quantitative estimate of drug-likeness (QED) is 0.306. The van der Waals surface area contributed by atoms with Gasteiger partial charge in [-0.1, -0.05) is 46.2 Å². The van der Waals surface area contributed by atoms with Crippen LogP contribution in [-0.2, 0) is 22.7 Å². The largest absolute Gasteiger partial charge is 0.486 e. The number of oxime groups is 1. The molecule has 3 aliphatic rings. The van der Waals surface area contributed by atoms with E-state index in [-0.39, 0.29) is 19.0 Å². The van der Waals surface area contributed by atoms with Gasteiger partial charge in [0.15, 0.2) is 6.23 Å². The molecule has 216 valence electrons. The minimum Gasteiger partial charge on any atom is -0.486 e. The number of aliphatic hydroxyl groups is 3. The van der Waals surface area contributed by atoms with E-state index in [0.717, 1.165) is 5.56 Å². The summed E-state index contributed by atoms with van der Waals surface area (Å²) in [4.78, 5) is 19.8. The maximum atomic E-state index is 13.7. The molecule has 5 heterocycles. The molecule has 2 aromatic heterocycles. The van der Waals surface area contributed by atoms with E-state index in [1.807, 2.05) is 47.2 Å². The Morgan fingerprint density at radius 2 is 1.86 bits per heavy atom. The van der Waals surface area contributed by atoms with Crippen molar-refractivity contribution in [3.05, 3.63) is 101 Å². The van der Waals surface area contributed by atoms with Crippen LogP contribution in [0.4, 0.5) is 0 Å². The molecule has 0 saturated carbocycles. The van der Waals surface area contributed by atoms with Gasteiger partial charge in [-0.05, 0) is 42.0 Å².